The van der Waals surface area contributed by atoms with Crippen molar-refractivity contribution in [3.63, 3.8) is 0 Å². The van der Waals surface area contributed by atoms with Gasteiger partial charge in [0.25, 0.3) is 0 Å². The molecule has 0 radical (unpaired) electrons. The number of likely N-dealkylation sites (N-methyl/N-ethyl adjacent to an activating group) is 1. The van der Waals surface area contributed by atoms with Crippen LogP contribution >= 0.6 is 11.3 Å². The number of thiazole rings is 1. The number of nitrogens with one attached hydrogen (secondary N) is 1. The minimum atomic E-state index is -3.05. The molecule has 0 aliphatic rings. The Kier molecular flexibility index (Phi) is 5.09. The van der Waals surface area contributed by atoms with Gasteiger partial charge in [0.2, 0.25) is 0 Å². The summed E-state index contributed by atoms with van der Waals surface area (Å²) in [6.07, 6.45) is 2.08. The van der Waals surface area contributed by atoms with Gasteiger partial charge in [-0.05, 0) is 20.4 Å². The zero-order valence-electron chi connectivity index (χ0n) is 10.7. The van der Waals surface area contributed by atoms with E-state index in [4.69, 9.17) is 0 Å². The Bertz CT molecular complexity index is 454. The van der Waals surface area contributed by atoms with Gasteiger partial charge in [0, 0.05) is 24.1 Å². The molecule has 0 fully saturated rings. The van der Waals surface area contributed by atoms with Crippen LogP contribution in [0.1, 0.15) is 36.7 Å². The SMILES string of the molecule is CCNC(C)Cc1csc(C(C)S(C)(=O)=O)n1. The normalized spacial score (nSPS) is 15.8. The van der Waals surface area contributed by atoms with E-state index in [0.29, 0.717) is 11.0 Å². The van der Waals surface area contributed by atoms with Crippen LogP contribution in [0.3, 0.4) is 0 Å². The predicted octanol–water partition coefficient (Wildman–Crippen LogP) is 1.79. The highest BCUT2D eigenvalue weighted by Gasteiger charge is 2.20. The first-order valence-electron chi connectivity index (χ1n) is 5.71. The van der Waals surface area contributed by atoms with E-state index in [1.807, 2.05) is 5.38 Å². The molecule has 6 heteroatoms. The fourth-order valence-corrected chi connectivity index (χ4v) is 3.40. The summed E-state index contributed by atoms with van der Waals surface area (Å²) in [5, 5.41) is 5.44. The van der Waals surface area contributed by atoms with Crippen LogP contribution in [-0.2, 0) is 16.3 Å². The lowest BCUT2D eigenvalue weighted by Gasteiger charge is -2.09. The molecule has 0 bridgehead atoms. The summed E-state index contributed by atoms with van der Waals surface area (Å²) in [7, 11) is -3.05. The fourth-order valence-electron chi connectivity index (χ4n) is 1.52. The average Bonchev–Trinajstić information content (AvgIpc) is 2.63. The molecule has 0 spiro atoms. The summed E-state index contributed by atoms with van der Waals surface area (Å²) in [5.41, 5.74) is 0.967. The topological polar surface area (TPSA) is 59.1 Å². The molecular weight excluding hydrogens is 256 g/mol. The summed E-state index contributed by atoms with van der Waals surface area (Å²) in [6.45, 7) is 6.78. The second kappa shape index (κ2) is 5.93. The lowest BCUT2D eigenvalue weighted by Crippen LogP contribution is -2.27. The van der Waals surface area contributed by atoms with Gasteiger partial charge in [-0.25, -0.2) is 13.4 Å². The van der Waals surface area contributed by atoms with Crippen molar-refractivity contribution in [3.8, 4) is 0 Å². The molecule has 0 amide bonds. The predicted molar refractivity (Wildman–Crippen MR) is 72.2 cm³/mol. The van der Waals surface area contributed by atoms with Crippen LogP contribution in [0.2, 0.25) is 0 Å². The van der Waals surface area contributed by atoms with Crippen LogP contribution < -0.4 is 5.32 Å². The lowest BCUT2D eigenvalue weighted by molar-refractivity contribution is 0.559. The highest BCUT2D eigenvalue weighted by molar-refractivity contribution is 7.91. The van der Waals surface area contributed by atoms with Crippen LogP contribution in [0.4, 0.5) is 0 Å². The Hall–Kier alpha value is -0.460. The molecular formula is C11H20N2O2S2. The number of nitrogens with zero attached hydrogens (tertiary/aromatic N) is 1. The van der Waals surface area contributed by atoms with E-state index < -0.39 is 15.1 Å². The highest BCUT2D eigenvalue weighted by atomic mass is 32.2. The first-order valence-corrected chi connectivity index (χ1v) is 8.54. The highest BCUT2D eigenvalue weighted by Crippen LogP contribution is 2.24. The maximum absolute atomic E-state index is 11.4. The maximum atomic E-state index is 11.4. The van der Waals surface area contributed by atoms with Gasteiger partial charge in [0.15, 0.2) is 9.84 Å². The van der Waals surface area contributed by atoms with Gasteiger partial charge >= 0.3 is 0 Å². The third kappa shape index (κ3) is 4.37. The second-order valence-corrected chi connectivity index (χ2v) is 7.57. The Balaban J connectivity index is 2.72. The number of sulfone groups is 1. The van der Waals surface area contributed by atoms with Gasteiger partial charge in [0.1, 0.15) is 10.3 Å². The minimum absolute atomic E-state index is 0.364. The monoisotopic (exact) mass is 276 g/mol. The fraction of sp³-hybridized carbons (Fsp3) is 0.727. The van der Waals surface area contributed by atoms with Crippen molar-refractivity contribution in [2.75, 3.05) is 12.8 Å². The van der Waals surface area contributed by atoms with Crippen molar-refractivity contribution in [1.29, 1.82) is 0 Å². The molecule has 0 aliphatic heterocycles. The van der Waals surface area contributed by atoms with Gasteiger partial charge in [-0.15, -0.1) is 11.3 Å². The van der Waals surface area contributed by atoms with E-state index in [0.717, 1.165) is 18.7 Å². The van der Waals surface area contributed by atoms with Crippen LogP contribution in [0, 0.1) is 0 Å². The van der Waals surface area contributed by atoms with Gasteiger partial charge < -0.3 is 5.32 Å². The molecule has 4 nitrogen and oxygen atoms in total. The van der Waals surface area contributed by atoms with Gasteiger partial charge in [0.05, 0.1) is 5.69 Å². The molecule has 1 rings (SSSR count). The van der Waals surface area contributed by atoms with Gasteiger partial charge in [-0.3, -0.25) is 0 Å². The molecule has 98 valence electrons. The van der Waals surface area contributed by atoms with Crippen molar-refractivity contribution in [2.24, 2.45) is 0 Å². The summed E-state index contributed by atoms with van der Waals surface area (Å²) >= 11 is 1.43. The summed E-state index contributed by atoms with van der Waals surface area (Å²) in [4.78, 5) is 4.40. The van der Waals surface area contributed by atoms with Crippen molar-refractivity contribution < 1.29 is 8.42 Å². The maximum Gasteiger partial charge on any atom is 0.156 e. The van der Waals surface area contributed by atoms with E-state index >= 15 is 0 Å². The molecule has 0 aliphatic carbocycles. The lowest BCUT2D eigenvalue weighted by atomic mass is 10.2. The van der Waals surface area contributed by atoms with E-state index in [9.17, 15) is 8.42 Å². The standard InChI is InChI=1S/C11H20N2O2S2/c1-5-12-8(2)6-10-7-16-11(13-10)9(3)17(4,14)15/h7-9,12H,5-6H2,1-4H3. The van der Waals surface area contributed by atoms with Crippen molar-refractivity contribution in [2.45, 2.75) is 38.5 Å². The molecule has 1 N–H and O–H groups in total. The number of hydrogen-bond donors (Lipinski definition) is 1. The number of rotatable bonds is 6. The Morgan fingerprint density at radius 1 is 1.47 bits per heavy atom. The van der Waals surface area contributed by atoms with E-state index in [2.05, 4.69) is 24.1 Å². The molecule has 1 aromatic heterocycles. The number of hydrogen-bond acceptors (Lipinski definition) is 5. The van der Waals surface area contributed by atoms with Crippen molar-refractivity contribution in [1.82, 2.24) is 10.3 Å². The van der Waals surface area contributed by atoms with Crippen LogP contribution in [0.25, 0.3) is 0 Å². The molecule has 0 saturated carbocycles. The van der Waals surface area contributed by atoms with Crippen LogP contribution in [-0.4, -0.2) is 32.2 Å². The second-order valence-electron chi connectivity index (χ2n) is 4.31. The molecule has 0 aromatic carbocycles. The third-order valence-corrected chi connectivity index (χ3v) is 5.36. The van der Waals surface area contributed by atoms with Gasteiger partial charge in [-0.1, -0.05) is 6.92 Å². The van der Waals surface area contributed by atoms with Crippen molar-refractivity contribution in [3.05, 3.63) is 16.1 Å². The third-order valence-electron chi connectivity index (χ3n) is 2.63. The van der Waals surface area contributed by atoms with E-state index in [-0.39, 0.29) is 0 Å². The Labute approximate surface area is 107 Å². The zero-order chi connectivity index (χ0) is 13.1. The Morgan fingerprint density at radius 2 is 2.12 bits per heavy atom. The summed E-state index contributed by atoms with van der Waals surface area (Å²) in [6, 6.07) is 0.364. The van der Waals surface area contributed by atoms with E-state index in [1.54, 1.807) is 6.92 Å². The van der Waals surface area contributed by atoms with Crippen LogP contribution in [0.15, 0.2) is 5.38 Å². The Morgan fingerprint density at radius 3 is 2.65 bits per heavy atom. The van der Waals surface area contributed by atoms with Gasteiger partial charge in [-0.2, -0.15) is 0 Å². The molecule has 17 heavy (non-hydrogen) atoms. The molecule has 2 unspecified atom stereocenters. The van der Waals surface area contributed by atoms with E-state index in [1.165, 1.54) is 17.6 Å². The molecule has 0 saturated heterocycles. The van der Waals surface area contributed by atoms with Crippen LogP contribution in [0.5, 0.6) is 0 Å². The molecule has 1 heterocycles. The summed E-state index contributed by atoms with van der Waals surface area (Å²) < 4.78 is 22.8. The van der Waals surface area contributed by atoms with Crippen molar-refractivity contribution >= 4 is 21.2 Å². The zero-order valence-corrected chi connectivity index (χ0v) is 12.4. The quantitative estimate of drug-likeness (QED) is 0.860. The smallest absolute Gasteiger partial charge is 0.156 e. The first kappa shape index (κ1) is 14.6. The largest absolute Gasteiger partial charge is 0.314 e. The molecule has 1 aromatic rings. The summed E-state index contributed by atoms with van der Waals surface area (Å²) in [5.74, 6) is 0. The minimum Gasteiger partial charge on any atom is -0.314 e. The first-order chi connectivity index (χ1) is 7.84. The number of aromatic nitrogens is 1. The molecule has 2 atom stereocenters. The average molecular weight is 276 g/mol.